The van der Waals surface area contributed by atoms with E-state index in [1.54, 1.807) is 0 Å². The average Bonchev–Trinajstić information content (AvgIpc) is 2.68. The van der Waals surface area contributed by atoms with Gasteiger partial charge in [0.2, 0.25) is 0 Å². The van der Waals surface area contributed by atoms with Crippen LogP contribution in [0.4, 0.5) is 0 Å². The van der Waals surface area contributed by atoms with Crippen LogP contribution < -0.4 is 0 Å². The van der Waals surface area contributed by atoms with Crippen LogP contribution in [0.2, 0.25) is 0 Å². The van der Waals surface area contributed by atoms with Crippen molar-refractivity contribution in [1.29, 1.82) is 0 Å². The Hall–Kier alpha value is -1.57. The van der Waals surface area contributed by atoms with E-state index in [9.17, 15) is 0 Å². The van der Waals surface area contributed by atoms with E-state index in [1.165, 1.54) is 11.1 Å². The lowest BCUT2D eigenvalue weighted by Gasteiger charge is -1.97. The van der Waals surface area contributed by atoms with E-state index in [1.807, 2.05) is 6.20 Å². The number of benzene rings is 1. The van der Waals surface area contributed by atoms with Crippen LogP contribution in [-0.2, 0) is 6.42 Å². The fraction of sp³-hybridized carbons (Fsp3) is 0.308. The number of aromatic amines is 1. The van der Waals surface area contributed by atoms with Crippen LogP contribution in [0.3, 0.4) is 0 Å². The topological polar surface area (TPSA) is 28.7 Å². The zero-order valence-electron chi connectivity index (χ0n) is 9.25. The molecule has 0 atom stereocenters. The van der Waals surface area contributed by atoms with Crippen LogP contribution in [0.25, 0.3) is 11.3 Å². The number of nitrogens with zero attached hydrogens (tertiary/aromatic N) is 1. The summed E-state index contributed by atoms with van der Waals surface area (Å²) in [5.41, 5.74) is 3.60. The van der Waals surface area contributed by atoms with Gasteiger partial charge in [0, 0.05) is 6.42 Å². The smallest absolute Gasteiger partial charge is 0.106 e. The summed E-state index contributed by atoms with van der Waals surface area (Å²) in [6.45, 7) is 4.26. The van der Waals surface area contributed by atoms with E-state index in [4.69, 9.17) is 0 Å². The number of imidazole rings is 1. The molecule has 0 amide bonds. The van der Waals surface area contributed by atoms with Gasteiger partial charge in [-0.05, 0) is 18.9 Å². The Labute approximate surface area is 90.4 Å². The third kappa shape index (κ3) is 2.27. The molecule has 0 unspecified atom stereocenters. The Morgan fingerprint density at radius 3 is 2.60 bits per heavy atom. The molecule has 0 saturated heterocycles. The van der Waals surface area contributed by atoms with Crippen molar-refractivity contribution in [2.24, 2.45) is 0 Å². The van der Waals surface area contributed by atoms with Gasteiger partial charge in [-0.3, -0.25) is 0 Å². The van der Waals surface area contributed by atoms with E-state index in [0.717, 1.165) is 24.4 Å². The molecule has 1 aromatic carbocycles. The molecule has 0 bridgehead atoms. The number of H-pyrrole nitrogens is 1. The number of hydrogen-bond donors (Lipinski definition) is 1. The molecule has 0 fully saturated rings. The predicted molar refractivity (Wildman–Crippen MR) is 62.8 cm³/mol. The van der Waals surface area contributed by atoms with Crippen molar-refractivity contribution in [1.82, 2.24) is 9.97 Å². The summed E-state index contributed by atoms with van der Waals surface area (Å²) in [7, 11) is 0. The third-order valence-electron chi connectivity index (χ3n) is 2.48. The number of aromatic nitrogens is 2. The Morgan fingerprint density at radius 1 is 1.20 bits per heavy atom. The van der Waals surface area contributed by atoms with Crippen molar-refractivity contribution in [3.8, 4) is 11.3 Å². The summed E-state index contributed by atoms with van der Waals surface area (Å²) in [6, 6.07) is 8.49. The van der Waals surface area contributed by atoms with Gasteiger partial charge in [-0.2, -0.15) is 0 Å². The van der Waals surface area contributed by atoms with Crippen LogP contribution >= 0.6 is 0 Å². The van der Waals surface area contributed by atoms with E-state index in [0.29, 0.717) is 0 Å². The normalized spacial score (nSPS) is 10.5. The monoisotopic (exact) mass is 200 g/mol. The van der Waals surface area contributed by atoms with Gasteiger partial charge >= 0.3 is 0 Å². The zero-order valence-corrected chi connectivity index (χ0v) is 9.25. The highest BCUT2D eigenvalue weighted by molar-refractivity contribution is 5.58. The lowest BCUT2D eigenvalue weighted by Crippen LogP contribution is -1.85. The van der Waals surface area contributed by atoms with E-state index in [-0.39, 0.29) is 0 Å². The Balaban J connectivity index is 2.25. The van der Waals surface area contributed by atoms with Gasteiger partial charge in [-0.1, -0.05) is 36.8 Å². The maximum atomic E-state index is 4.35. The van der Waals surface area contributed by atoms with Gasteiger partial charge < -0.3 is 4.98 Å². The summed E-state index contributed by atoms with van der Waals surface area (Å²) < 4.78 is 0. The maximum Gasteiger partial charge on any atom is 0.106 e. The summed E-state index contributed by atoms with van der Waals surface area (Å²) in [5.74, 6) is 1.08. The first kappa shape index (κ1) is 9.97. The Morgan fingerprint density at radius 2 is 1.93 bits per heavy atom. The molecule has 2 rings (SSSR count). The molecule has 15 heavy (non-hydrogen) atoms. The van der Waals surface area contributed by atoms with Gasteiger partial charge in [0.05, 0.1) is 11.9 Å². The summed E-state index contributed by atoms with van der Waals surface area (Å²) in [6.07, 6.45) is 4.06. The van der Waals surface area contributed by atoms with Crippen LogP contribution in [0.15, 0.2) is 30.5 Å². The third-order valence-corrected chi connectivity index (χ3v) is 2.48. The molecule has 2 heteroatoms. The molecule has 78 valence electrons. The summed E-state index contributed by atoms with van der Waals surface area (Å²) in [4.78, 5) is 7.69. The zero-order chi connectivity index (χ0) is 10.7. The first-order chi connectivity index (χ1) is 7.29. The van der Waals surface area contributed by atoms with Gasteiger partial charge in [0.1, 0.15) is 5.82 Å². The summed E-state index contributed by atoms with van der Waals surface area (Å²) in [5, 5.41) is 0. The van der Waals surface area contributed by atoms with Gasteiger partial charge in [-0.15, -0.1) is 0 Å². The molecule has 0 aliphatic heterocycles. The van der Waals surface area contributed by atoms with E-state index < -0.39 is 0 Å². The molecular formula is C13H16N2. The lowest BCUT2D eigenvalue weighted by molar-refractivity contribution is 0.857. The molecule has 0 radical (unpaired) electrons. The van der Waals surface area contributed by atoms with Gasteiger partial charge in [0.25, 0.3) is 0 Å². The second-order valence-corrected chi connectivity index (χ2v) is 3.86. The highest BCUT2D eigenvalue weighted by Gasteiger charge is 2.01. The highest BCUT2D eigenvalue weighted by atomic mass is 14.9. The number of aryl methyl sites for hydroxylation is 2. The second kappa shape index (κ2) is 4.30. The first-order valence-corrected chi connectivity index (χ1v) is 5.40. The minimum Gasteiger partial charge on any atom is -0.342 e. The van der Waals surface area contributed by atoms with Gasteiger partial charge in [0.15, 0.2) is 0 Å². The quantitative estimate of drug-likeness (QED) is 0.808. The molecule has 0 aliphatic rings. The number of hydrogen-bond acceptors (Lipinski definition) is 1. The van der Waals surface area contributed by atoms with Crippen LogP contribution in [0.1, 0.15) is 24.7 Å². The largest absolute Gasteiger partial charge is 0.342 e. The molecule has 2 aromatic rings. The van der Waals surface area contributed by atoms with Crippen molar-refractivity contribution in [3.05, 3.63) is 41.9 Å². The van der Waals surface area contributed by atoms with Crippen molar-refractivity contribution >= 4 is 0 Å². The van der Waals surface area contributed by atoms with E-state index >= 15 is 0 Å². The molecule has 2 nitrogen and oxygen atoms in total. The molecule has 1 N–H and O–H groups in total. The van der Waals surface area contributed by atoms with Crippen molar-refractivity contribution < 1.29 is 0 Å². The fourth-order valence-corrected chi connectivity index (χ4v) is 1.61. The second-order valence-electron chi connectivity index (χ2n) is 3.86. The van der Waals surface area contributed by atoms with Gasteiger partial charge in [-0.25, -0.2) is 4.98 Å². The minimum atomic E-state index is 1.02. The Kier molecular flexibility index (Phi) is 2.86. The van der Waals surface area contributed by atoms with Crippen LogP contribution in [0.5, 0.6) is 0 Å². The number of nitrogens with one attached hydrogen (secondary N) is 1. The first-order valence-electron chi connectivity index (χ1n) is 5.40. The lowest BCUT2D eigenvalue weighted by atomic mass is 10.1. The Bertz CT molecular complexity index is 426. The predicted octanol–water partition coefficient (Wildman–Crippen LogP) is 3.34. The molecule has 0 aliphatic carbocycles. The van der Waals surface area contributed by atoms with Crippen LogP contribution in [-0.4, -0.2) is 9.97 Å². The molecule has 1 heterocycles. The maximum absolute atomic E-state index is 4.35. The van der Waals surface area contributed by atoms with Crippen molar-refractivity contribution in [2.45, 2.75) is 26.7 Å². The van der Waals surface area contributed by atoms with Crippen molar-refractivity contribution in [3.63, 3.8) is 0 Å². The van der Waals surface area contributed by atoms with Crippen molar-refractivity contribution in [2.75, 3.05) is 0 Å². The van der Waals surface area contributed by atoms with Crippen LogP contribution in [0, 0.1) is 6.92 Å². The molecular weight excluding hydrogens is 184 g/mol. The molecule has 0 saturated carbocycles. The summed E-state index contributed by atoms with van der Waals surface area (Å²) >= 11 is 0. The fourth-order valence-electron chi connectivity index (χ4n) is 1.61. The van der Waals surface area contributed by atoms with E-state index in [2.05, 4.69) is 48.1 Å². The molecule has 1 aromatic heterocycles. The number of rotatable bonds is 3. The SMILES string of the molecule is CCCc1ncc(-c2ccc(C)cc2)[nH]1. The molecule has 0 spiro atoms. The minimum absolute atomic E-state index is 1.02. The standard InChI is InChI=1S/C13H16N2/c1-3-4-13-14-9-12(15-13)11-7-5-10(2)6-8-11/h5-9H,3-4H2,1-2H3,(H,14,15). The average molecular weight is 200 g/mol. The highest BCUT2D eigenvalue weighted by Crippen LogP contribution is 2.17.